The maximum absolute atomic E-state index is 11.4. The zero-order valence-electron chi connectivity index (χ0n) is 19.0. The van der Waals surface area contributed by atoms with Gasteiger partial charge in [0, 0.05) is 31.3 Å². The molecule has 1 saturated carbocycles. The second-order valence-electron chi connectivity index (χ2n) is 9.06. The van der Waals surface area contributed by atoms with Crippen molar-refractivity contribution in [2.75, 3.05) is 12.0 Å². The van der Waals surface area contributed by atoms with Crippen LogP contribution in [0.5, 0.6) is 5.75 Å². The minimum atomic E-state index is -3.50. The number of nitrogens with zero attached hydrogens (tertiary/aromatic N) is 3. The van der Waals surface area contributed by atoms with E-state index in [9.17, 15) is 8.42 Å². The Hall–Kier alpha value is -1.58. The van der Waals surface area contributed by atoms with E-state index in [1.807, 2.05) is 23.9 Å². The van der Waals surface area contributed by atoms with Crippen LogP contribution in [0, 0.1) is 0 Å². The van der Waals surface area contributed by atoms with Gasteiger partial charge in [-0.2, -0.15) is 8.42 Å². The molecule has 32 heavy (non-hydrogen) atoms. The SMILES string of the molecule is Cn1c(SCCCC2CCc3cc(OS(C)(=O)=O)ccc3CN2)nnc1C1CCCCC1. The van der Waals surface area contributed by atoms with Crippen molar-refractivity contribution < 1.29 is 12.6 Å². The van der Waals surface area contributed by atoms with Crippen LogP contribution >= 0.6 is 11.8 Å². The summed E-state index contributed by atoms with van der Waals surface area (Å²) in [6.45, 7) is 0.806. The summed E-state index contributed by atoms with van der Waals surface area (Å²) in [6, 6.07) is 6.04. The van der Waals surface area contributed by atoms with Gasteiger partial charge in [0.25, 0.3) is 0 Å². The number of aryl methyl sites for hydroxylation is 1. The first-order valence-corrected chi connectivity index (χ1v) is 14.5. The number of benzene rings is 1. The van der Waals surface area contributed by atoms with E-state index < -0.39 is 10.1 Å². The number of fused-ring (bicyclic) bond motifs is 1. The van der Waals surface area contributed by atoms with Gasteiger partial charge in [-0.15, -0.1) is 10.2 Å². The Kier molecular flexibility index (Phi) is 7.78. The molecular weight excluding hydrogens is 444 g/mol. The molecule has 0 amide bonds. The molecule has 2 aliphatic rings. The van der Waals surface area contributed by atoms with E-state index in [4.69, 9.17) is 4.18 Å². The molecule has 2 heterocycles. The lowest BCUT2D eigenvalue weighted by atomic mass is 9.89. The molecule has 0 bridgehead atoms. The van der Waals surface area contributed by atoms with Crippen molar-refractivity contribution in [1.82, 2.24) is 20.1 Å². The summed E-state index contributed by atoms with van der Waals surface area (Å²) >= 11 is 1.81. The summed E-state index contributed by atoms with van der Waals surface area (Å²) in [7, 11) is -1.39. The molecule has 1 atom stereocenters. The van der Waals surface area contributed by atoms with Gasteiger partial charge >= 0.3 is 10.1 Å². The van der Waals surface area contributed by atoms with Gasteiger partial charge in [-0.1, -0.05) is 37.1 Å². The van der Waals surface area contributed by atoms with Crippen LogP contribution in [0.1, 0.15) is 74.2 Å². The Labute approximate surface area is 195 Å². The fraction of sp³-hybridized carbons (Fsp3) is 0.652. The summed E-state index contributed by atoms with van der Waals surface area (Å²) in [5.41, 5.74) is 2.39. The highest BCUT2D eigenvalue weighted by Gasteiger charge is 2.22. The predicted molar refractivity (Wildman–Crippen MR) is 128 cm³/mol. The summed E-state index contributed by atoms with van der Waals surface area (Å²) in [6.07, 6.45) is 11.7. The van der Waals surface area contributed by atoms with Crippen molar-refractivity contribution in [1.29, 1.82) is 0 Å². The van der Waals surface area contributed by atoms with Crippen molar-refractivity contribution in [3.63, 3.8) is 0 Å². The van der Waals surface area contributed by atoms with Crippen LogP contribution in [-0.4, -0.2) is 41.2 Å². The van der Waals surface area contributed by atoms with E-state index in [1.165, 1.54) is 43.2 Å². The summed E-state index contributed by atoms with van der Waals surface area (Å²) < 4.78 is 30.0. The van der Waals surface area contributed by atoms with Gasteiger partial charge in [-0.25, -0.2) is 0 Å². The third kappa shape index (κ3) is 6.26. The second kappa shape index (κ2) is 10.6. The topological polar surface area (TPSA) is 86.1 Å². The number of thioether (sulfide) groups is 1. The van der Waals surface area contributed by atoms with Gasteiger partial charge < -0.3 is 14.1 Å². The summed E-state index contributed by atoms with van der Waals surface area (Å²) in [5, 5.41) is 13.7. The molecule has 0 spiro atoms. The molecule has 4 rings (SSSR count). The molecular formula is C23H34N4O3S2. The fourth-order valence-electron chi connectivity index (χ4n) is 4.83. The van der Waals surface area contributed by atoms with Crippen molar-refractivity contribution in [2.24, 2.45) is 7.05 Å². The zero-order valence-corrected chi connectivity index (χ0v) is 20.7. The number of hydrogen-bond donors (Lipinski definition) is 1. The average Bonchev–Trinajstić information content (AvgIpc) is 3.00. The first-order valence-electron chi connectivity index (χ1n) is 11.7. The third-order valence-corrected chi connectivity index (χ3v) is 8.14. The van der Waals surface area contributed by atoms with Crippen LogP contribution in [-0.2, 0) is 30.1 Å². The van der Waals surface area contributed by atoms with Crippen LogP contribution < -0.4 is 9.50 Å². The fourth-order valence-corrected chi connectivity index (χ4v) is 6.16. The third-order valence-electron chi connectivity index (χ3n) is 6.54. The molecule has 1 N–H and O–H groups in total. The van der Waals surface area contributed by atoms with Gasteiger partial charge in [-0.05, 0) is 61.8 Å². The maximum Gasteiger partial charge on any atom is 0.306 e. The molecule has 1 aromatic carbocycles. The average molecular weight is 479 g/mol. The molecule has 9 heteroatoms. The quantitative estimate of drug-likeness (QED) is 0.346. The molecule has 1 aliphatic carbocycles. The molecule has 0 saturated heterocycles. The van der Waals surface area contributed by atoms with E-state index in [1.54, 1.807) is 6.07 Å². The Bertz CT molecular complexity index is 1020. The molecule has 176 valence electrons. The molecule has 1 unspecified atom stereocenters. The van der Waals surface area contributed by atoms with Crippen molar-refractivity contribution in [3.05, 3.63) is 35.2 Å². The standard InChI is InChI=1S/C23H34N4O3S2/c1-27-22(17-7-4-3-5-8-17)25-26-23(27)31-14-6-9-20-12-10-18-15-21(30-32(2,28)29)13-11-19(18)16-24-20/h11,13,15,17,20,24H,3-10,12,14,16H2,1-2H3. The van der Waals surface area contributed by atoms with Crippen LogP contribution in [0.2, 0.25) is 0 Å². The normalized spacial score (nSPS) is 20.0. The van der Waals surface area contributed by atoms with Crippen LogP contribution in [0.4, 0.5) is 0 Å². The highest BCUT2D eigenvalue weighted by Crippen LogP contribution is 2.33. The smallest absolute Gasteiger partial charge is 0.306 e. The highest BCUT2D eigenvalue weighted by molar-refractivity contribution is 7.99. The maximum atomic E-state index is 11.4. The molecule has 7 nitrogen and oxygen atoms in total. The van der Waals surface area contributed by atoms with Crippen LogP contribution in [0.15, 0.2) is 23.4 Å². The predicted octanol–water partition coefficient (Wildman–Crippen LogP) is 4.18. The van der Waals surface area contributed by atoms with Gasteiger partial charge in [0.15, 0.2) is 5.16 Å². The lowest BCUT2D eigenvalue weighted by Gasteiger charge is -2.20. The van der Waals surface area contributed by atoms with E-state index in [0.29, 0.717) is 17.7 Å². The number of hydrogen-bond acceptors (Lipinski definition) is 7. The molecule has 1 aliphatic heterocycles. The van der Waals surface area contributed by atoms with Gasteiger partial charge in [0.2, 0.25) is 0 Å². The molecule has 1 fully saturated rings. The van der Waals surface area contributed by atoms with Gasteiger partial charge in [0.1, 0.15) is 11.6 Å². The minimum absolute atomic E-state index is 0.400. The molecule has 2 aromatic rings. The van der Waals surface area contributed by atoms with Crippen molar-refractivity contribution >= 4 is 21.9 Å². The first kappa shape index (κ1) is 23.6. The Morgan fingerprint density at radius 1 is 1.16 bits per heavy atom. The van der Waals surface area contributed by atoms with E-state index in [0.717, 1.165) is 55.2 Å². The first-order chi connectivity index (χ1) is 15.4. The van der Waals surface area contributed by atoms with E-state index >= 15 is 0 Å². The number of nitrogens with one attached hydrogen (secondary N) is 1. The lowest BCUT2D eigenvalue weighted by molar-refractivity contribution is 0.418. The van der Waals surface area contributed by atoms with Crippen LogP contribution in [0.3, 0.4) is 0 Å². The number of rotatable bonds is 8. The lowest BCUT2D eigenvalue weighted by Crippen LogP contribution is -2.27. The number of aromatic nitrogens is 3. The monoisotopic (exact) mass is 478 g/mol. The zero-order chi connectivity index (χ0) is 22.6. The molecule has 0 radical (unpaired) electrons. The second-order valence-corrected chi connectivity index (χ2v) is 11.7. The minimum Gasteiger partial charge on any atom is -0.383 e. The van der Waals surface area contributed by atoms with E-state index in [-0.39, 0.29) is 0 Å². The Morgan fingerprint density at radius 2 is 1.97 bits per heavy atom. The van der Waals surface area contributed by atoms with E-state index in [2.05, 4.69) is 27.1 Å². The van der Waals surface area contributed by atoms with Gasteiger partial charge in [0.05, 0.1) is 6.26 Å². The van der Waals surface area contributed by atoms with Gasteiger partial charge in [-0.3, -0.25) is 0 Å². The molecule has 1 aromatic heterocycles. The largest absolute Gasteiger partial charge is 0.383 e. The Balaban J connectivity index is 1.23. The van der Waals surface area contributed by atoms with Crippen molar-refractivity contribution in [3.8, 4) is 5.75 Å². The highest BCUT2D eigenvalue weighted by atomic mass is 32.2. The summed E-state index contributed by atoms with van der Waals surface area (Å²) in [5.74, 6) is 3.18. The van der Waals surface area contributed by atoms with Crippen LogP contribution in [0.25, 0.3) is 0 Å². The van der Waals surface area contributed by atoms with Crippen molar-refractivity contribution in [2.45, 2.75) is 81.4 Å². The Morgan fingerprint density at radius 3 is 2.75 bits per heavy atom. The summed E-state index contributed by atoms with van der Waals surface area (Å²) in [4.78, 5) is 0.